The van der Waals surface area contributed by atoms with Gasteiger partial charge in [-0.3, -0.25) is 0 Å². The predicted molar refractivity (Wildman–Crippen MR) is 58.3 cm³/mol. The Kier molecular flexibility index (Phi) is 4.70. The number of halogens is 3. The van der Waals surface area contributed by atoms with Crippen molar-refractivity contribution >= 4 is 54.7 Å². The highest BCUT2D eigenvalue weighted by Crippen LogP contribution is 2.45. The zero-order valence-electron chi connectivity index (χ0n) is 6.72. The number of aromatic nitrogens is 1. The van der Waals surface area contributed by atoms with Crippen molar-refractivity contribution < 1.29 is 18.3 Å². The van der Waals surface area contributed by atoms with Crippen LogP contribution < -0.4 is 0 Å². The maximum absolute atomic E-state index is 10.4. The SMILES string of the molecule is O=P(O)(O)OSc1nc(Cl)c(Cl)cc1Cl. The molecular weight excluding hydrogens is 307 g/mol. The standard InChI is InChI=1S/C5H3Cl3NO4PS/c6-2-1-3(7)5(9-4(2)8)15-13-14(10,11)12/h1H,(H2,10,11,12). The second kappa shape index (κ2) is 5.21. The molecule has 1 aromatic rings. The highest BCUT2D eigenvalue weighted by Gasteiger charge is 2.18. The van der Waals surface area contributed by atoms with E-state index in [1.54, 1.807) is 0 Å². The monoisotopic (exact) mass is 309 g/mol. The predicted octanol–water partition coefficient (Wildman–Crippen LogP) is 3.16. The molecular formula is C5H3Cl3NO4PS. The molecule has 1 rings (SSSR count). The van der Waals surface area contributed by atoms with E-state index in [0.29, 0.717) is 12.0 Å². The van der Waals surface area contributed by atoms with E-state index >= 15 is 0 Å². The molecule has 15 heavy (non-hydrogen) atoms. The van der Waals surface area contributed by atoms with Gasteiger partial charge in [-0.25, -0.2) is 13.5 Å². The molecule has 0 spiro atoms. The van der Waals surface area contributed by atoms with Crippen LogP contribution in [0.4, 0.5) is 0 Å². The maximum Gasteiger partial charge on any atom is 0.481 e. The number of phosphoric acid groups is 1. The van der Waals surface area contributed by atoms with Crippen molar-refractivity contribution in [1.82, 2.24) is 4.98 Å². The molecule has 0 unspecified atom stereocenters. The van der Waals surface area contributed by atoms with Gasteiger partial charge in [0.1, 0.15) is 10.2 Å². The average Bonchev–Trinajstić information content (AvgIpc) is 2.07. The zero-order valence-corrected chi connectivity index (χ0v) is 10.7. The first-order chi connectivity index (χ1) is 6.79. The van der Waals surface area contributed by atoms with Crippen molar-refractivity contribution in [3.05, 3.63) is 21.3 Å². The van der Waals surface area contributed by atoms with Crippen LogP contribution in [0.5, 0.6) is 0 Å². The first kappa shape index (κ1) is 13.5. The maximum atomic E-state index is 10.4. The van der Waals surface area contributed by atoms with Crippen LogP contribution in [0.3, 0.4) is 0 Å². The van der Waals surface area contributed by atoms with Gasteiger partial charge in [-0.15, -0.1) is 0 Å². The van der Waals surface area contributed by atoms with E-state index in [9.17, 15) is 4.57 Å². The van der Waals surface area contributed by atoms with Gasteiger partial charge in [-0.05, 0) is 6.07 Å². The van der Waals surface area contributed by atoms with E-state index in [0.717, 1.165) is 0 Å². The van der Waals surface area contributed by atoms with Crippen molar-refractivity contribution in [2.24, 2.45) is 0 Å². The van der Waals surface area contributed by atoms with Crippen LogP contribution in [0.2, 0.25) is 15.2 Å². The van der Waals surface area contributed by atoms with Crippen molar-refractivity contribution in [1.29, 1.82) is 0 Å². The summed E-state index contributed by atoms with van der Waals surface area (Å²) in [5, 5.41) is 0.220. The van der Waals surface area contributed by atoms with Crippen LogP contribution in [-0.2, 0) is 8.54 Å². The lowest BCUT2D eigenvalue weighted by Crippen LogP contribution is -1.86. The first-order valence-corrected chi connectivity index (χ1v) is 6.63. The minimum atomic E-state index is -4.59. The summed E-state index contributed by atoms with van der Waals surface area (Å²) in [4.78, 5) is 20.5. The summed E-state index contributed by atoms with van der Waals surface area (Å²) in [6.45, 7) is 0. The number of nitrogens with zero attached hydrogens (tertiary/aromatic N) is 1. The lowest BCUT2D eigenvalue weighted by atomic mass is 10.5. The Hall–Kier alpha value is 0.480. The van der Waals surface area contributed by atoms with Gasteiger partial charge in [-0.1, -0.05) is 34.8 Å². The Labute approximate surface area is 104 Å². The quantitative estimate of drug-likeness (QED) is 0.507. The van der Waals surface area contributed by atoms with Crippen molar-refractivity contribution in [3.63, 3.8) is 0 Å². The van der Waals surface area contributed by atoms with E-state index in [1.807, 2.05) is 0 Å². The Morgan fingerprint density at radius 2 is 1.93 bits per heavy atom. The van der Waals surface area contributed by atoms with Gasteiger partial charge in [0.05, 0.1) is 22.1 Å². The fourth-order valence-corrected chi connectivity index (χ4v) is 2.15. The molecule has 84 valence electrons. The molecule has 1 aromatic heterocycles. The van der Waals surface area contributed by atoms with Crippen LogP contribution in [0.1, 0.15) is 0 Å². The third kappa shape index (κ3) is 4.46. The van der Waals surface area contributed by atoms with Crippen molar-refractivity contribution in [2.45, 2.75) is 5.03 Å². The number of pyridine rings is 1. The largest absolute Gasteiger partial charge is 0.481 e. The Morgan fingerprint density at radius 3 is 2.47 bits per heavy atom. The highest BCUT2D eigenvalue weighted by atomic mass is 35.5. The second-order valence-electron chi connectivity index (χ2n) is 2.20. The number of rotatable bonds is 3. The molecule has 0 saturated carbocycles. The lowest BCUT2D eigenvalue weighted by Gasteiger charge is -2.05. The molecule has 0 aliphatic heterocycles. The number of hydrogen-bond acceptors (Lipinski definition) is 4. The minimum Gasteiger partial charge on any atom is -0.302 e. The molecule has 0 amide bonds. The summed E-state index contributed by atoms with van der Waals surface area (Å²) >= 11 is 17.2. The van der Waals surface area contributed by atoms with Gasteiger partial charge in [0.2, 0.25) is 0 Å². The highest BCUT2D eigenvalue weighted by molar-refractivity contribution is 7.97. The van der Waals surface area contributed by atoms with Crippen LogP contribution >= 0.6 is 54.7 Å². The van der Waals surface area contributed by atoms with Gasteiger partial charge in [0, 0.05) is 0 Å². The summed E-state index contributed by atoms with van der Waals surface area (Å²) < 4.78 is 14.5. The van der Waals surface area contributed by atoms with Gasteiger partial charge in [-0.2, -0.15) is 0 Å². The molecule has 5 nitrogen and oxygen atoms in total. The summed E-state index contributed by atoms with van der Waals surface area (Å²) in [6, 6.07) is 1.30. The molecule has 0 aromatic carbocycles. The van der Waals surface area contributed by atoms with Crippen LogP contribution in [0.15, 0.2) is 11.1 Å². The molecule has 0 aliphatic carbocycles. The van der Waals surface area contributed by atoms with Gasteiger partial charge in [0.15, 0.2) is 0 Å². The van der Waals surface area contributed by atoms with Crippen LogP contribution in [0, 0.1) is 0 Å². The molecule has 1 heterocycles. The van der Waals surface area contributed by atoms with Crippen molar-refractivity contribution in [3.8, 4) is 0 Å². The van der Waals surface area contributed by atoms with E-state index in [2.05, 4.69) is 8.95 Å². The molecule has 0 aliphatic rings. The third-order valence-corrected chi connectivity index (χ3v) is 3.68. The average molecular weight is 310 g/mol. The number of hydrogen-bond donors (Lipinski definition) is 2. The molecule has 0 atom stereocenters. The smallest absolute Gasteiger partial charge is 0.302 e. The third-order valence-electron chi connectivity index (χ3n) is 1.07. The normalized spacial score (nSPS) is 11.8. The molecule has 0 saturated heterocycles. The van der Waals surface area contributed by atoms with Gasteiger partial charge < -0.3 is 9.79 Å². The molecule has 0 fully saturated rings. The minimum absolute atomic E-state index is 0.0226. The fourth-order valence-electron chi connectivity index (χ4n) is 0.571. The Balaban J connectivity index is 2.87. The first-order valence-electron chi connectivity index (χ1n) is 3.23. The van der Waals surface area contributed by atoms with Crippen LogP contribution in [0.25, 0.3) is 0 Å². The van der Waals surface area contributed by atoms with Gasteiger partial charge >= 0.3 is 7.82 Å². The zero-order chi connectivity index (χ0) is 11.6. The molecule has 0 radical (unpaired) electrons. The Bertz CT molecular complexity index is 425. The van der Waals surface area contributed by atoms with Crippen molar-refractivity contribution in [2.75, 3.05) is 0 Å². The van der Waals surface area contributed by atoms with E-state index < -0.39 is 7.82 Å². The molecule has 0 bridgehead atoms. The van der Waals surface area contributed by atoms with E-state index in [4.69, 9.17) is 44.6 Å². The Morgan fingerprint density at radius 1 is 1.33 bits per heavy atom. The van der Waals surface area contributed by atoms with E-state index in [1.165, 1.54) is 6.07 Å². The second-order valence-corrected chi connectivity index (χ2v) is 5.50. The van der Waals surface area contributed by atoms with Gasteiger partial charge in [0.25, 0.3) is 0 Å². The summed E-state index contributed by atoms with van der Waals surface area (Å²) in [7, 11) is -4.59. The van der Waals surface area contributed by atoms with Crippen LogP contribution in [-0.4, -0.2) is 14.8 Å². The molecule has 2 N–H and O–H groups in total. The molecule has 10 heteroatoms. The lowest BCUT2D eigenvalue weighted by molar-refractivity contribution is 0.298. The van der Waals surface area contributed by atoms with E-state index in [-0.39, 0.29) is 20.2 Å². The summed E-state index contributed by atoms with van der Waals surface area (Å²) in [5.41, 5.74) is 0. The topological polar surface area (TPSA) is 79.7 Å². The summed E-state index contributed by atoms with van der Waals surface area (Å²) in [6.07, 6.45) is 0. The fraction of sp³-hybridized carbons (Fsp3) is 0. The summed E-state index contributed by atoms with van der Waals surface area (Å²) in [5.74, 6) is 0.